The smallest absolute Gasteiger partial charge is 0.229 e. The highest BCUT2D eigenvalue weighted by atomic mass is 35.5. The van der Waals surface area contributed by atoms with Crippen molar-refractivity contribution in [2.45, 2.75) is 5.16 Å². The number of ketones is 1. The first kappa shape index (κ1) is 23.0. The SMILES string of the molecule is CS(=O)(=O)Nc1ccc(C(=O)CSc2nnc(-c3ccc(Cl)cc3)n2-c2ccccc2)cc1. The van der Waals surface area contributed by atoms with Crippen molar-refractivity contribution < 1.29 is 13.2 Å². The van der Waals surface area contributed by atoms with Gasteiger partial charge in [0, 0.05) is 27.5 Å². The molecule has 0 saturated carbocycles. The number of hydrogen-bond donors (Lipinski definition) is 1. The molecule has 4 rings (SSSR count). The van der Waals surface area contributed by atoms with Crippen LogP contribution in [0.2, 0.25) is 5.02 Å². The van der Waals surface area contributed by atoms with E-state index in [9.17, 15) is 13.2 Å². The maximum atomic E-state index is 12.7. The van der Waals surface area contributed by atoms with Crippen molar-refractivity contribution >= 4 is 44.9 Å². The van der Waals surface area contributed by atoms with Gasteiger partial charge < -0.3 is 0 Å². The maximum Gasteiger partial charge on any atom is 0.229 e. The molecule has 3 aromatic carbocycles. The molecule has 0 atom stereocenters. The summed E-state index contributed by atoms with van der Waals surface area (Å²) in [6.45, 7) is 0. The number of sulfonamides is 1. The van der Waals surface area contributed by atoms with Gasteiger partial charge in [-0.05, 0) is 60.7 Å². The second-order valence-electron chi connectivity index (χ2n) is 7.15. The number of nitrogens with zero attached hydrogens (tertiary/aromatic N) is 3. The average Bonchev–Trinajstić information content (AvgIpc) is 3.22. The van der Waals surface area contributed by atoms with E-state index in [2.05, 4.69) is 14.9 Å². The summed E-state index contributed by atoms with van der Waals surface area (Å²) >= 11 is 7.31. The zero-order chi connectivity index (χ0) is 23.4. The fourth-order valence-electron chi connectivity index (χ4n) is 3.11. The molecule has 1 N–H and O–H groups in total. The van der Waals surface area contributed by atoms with Gasteiger partial charge in [0.1, 0.15) is 0 Å². The van der Waals surface area contributed by atoms with Crippen LogP contribution in [0.3, 0.4) is 0 Å². The van der Waals surface area contributed by atoms with Gasteiger partial charge in [-0.15, -0.1) is 10.2 Å². The standard InChI is InChI=1S/C23H19ClN4O3S2/c1-33(30,31)27-19-13-9-16(10-14-19)21(29)15-32-23-26-25-22(17-7-11-18(24)12-8-17)28(23)20-5-3-2-4-6-20/h2-14,27H,15H2,1H3. The second kappa shape index (κ2) is 9.78. The molecule has 0 amide bonds. The van der Waals surface area contributed by atoms with Crippen LogP contribution in [0.5, 0.6) is 0 Å². The summed E-state index contributed by atoms with van der Waals surface area (Å²) in [4.78, 5) is 12.7. The molecule has 0 spiro atoms. The number of para-hydroxylation sites is 1. The van der Waals surface area contributed by atoms with Crippen molar-refractivity contribution in [2.75, 3.05) is 16.7 Å². The van der Waals surface area contributed by atoms with Crippen LogP contribution in [0.1, 0.15) is 10.4 Å². The molecule has 168 valence electrons. The minimum atomic E-state index is -3.38. The average molecular weight is 499 g/mol. The second-order valence-corrected chi connectivity index (χ2v) is 10.3. The van der Waals surface area contributed by atoms with Crippen molar-refractivity contribution in [3.8, 4) is 17.1 Å². The van der Waals surface area contributed by atoms with Gasteiger partial charge in [-0.25, -0.2) is 8.42 Å². The van der Waals surface area contributed by atoms with Crippen molar-refractivity contribution in [2.24, 2.45) is 0 Å². The van der Waals surface area contributed by atoms with E-state index in [1.165, 1.54) is 11.8 Å². The first-order valence-corrected chi connectivity index (χ1v) is 13.1. The van der Waals surface area contributed by atoms with E-state index < -0.39 is 10.0 Å². The zero-order valence-corrected chi connectivity index (χ0v) is 19.9. The van der Waals surface area contributed by atoms with E-state index in [0.29, 0.717) is 27.3 Å². The lowest BCUT2D eigenvalue weighted by molar-refractivity contribution is 0.102. The van der Waals surface area contributed by atoms with Crippen LogP contribution in [-0.2, 0) is 10.0 Å². The van der Waals surface area contributed by atoms with E-state index in [-0.39, 0.29) is 11.5 Å². The summed E-state index contributed by atoms with van der Waals surface area (Å²) in [5, 5.41) is 9.89. The van der Waals surface area contributed by atoms with Crippen LogP contribution in [-0.4, -0.2) is 41.0 Å². The first-order chi connectivity index (χ1) is 15.8. The van der Waals surface area contributed by atoms with Gasteiger partial charge in [0.05, 0.1) is 12.0 Å². The van der Waals surface area contributed by atoms with Gasteiger partial charge >= 0.3 is 0 Å². The fourth-order valence-corrected chi connectivity index (χ4v) is 4.65. The summed E-state index contributed by atoms with van der Waals surface area (Å²) in [7, 11) is -3.38. The highest BCUT2D eigenvalue weighted by molar-refractivity contribution is 7.99. The summed E-state index contributed by atoms with van der Waals surface area (Å²) in [5.74, 6) is 0.676. The molecule has 1 heterocycles. The summed E-state index contributed by atoms with van der Waals surface area (Å²) in [5.41, 5.74) is 2.60. The van der Waals surface area contributed by atoms with Gasteiger partial charge in [-0.2, -0.15) is 0 Å². The monoisotopic (exact) mass is 498 g/mol. The van der Waals surface area contributed by atoms with Gasteiger partial charge in [0.2, 0.25) is 10.0 Å². The van der Waals surface area contributed by atoms with Crippen molar-refractivity contribution in [3.63, 3.8) is 0 Å². The molecule has 0 aliphatic carbocycles. The number of carbonyl (C=O) groups is 1. The predicted molar refractivity (Wildman–Crippen MR) is 132 cm³/mol. The molecular weight excluding hydrogens is 480 g/mol. The molecule has 0 aliphatic heterocycles. The predicted octanol–water partition coefficient (Wildman–Crippen LogP) is 4.93. The molecule has 0 saturated heterocycles. The van der Waals surface area contributed by atoms with E-state index in [4.69, 9.17) is 11.6 Å². The third kappa shape index (κ3) is 5.81. The van der Waals surface area contributed by atoms with E-state index in [1.54, 1.807) is 36.4 Å². The number of hydrogen-bond acceptors (Lipinski definition) is 6. The van der Waals surface area contributed by atoms with Crippen molar-refractivity contribution in [1.82, 2.24) is 14.8 Å². The van der Waals surface area contributed by atoms with Gasteiger partial charge in [0.15, 0.2) is 16.8 Å². The normalized spacial score (nSPS) is 11.3. The Bertz CT molecular complexity index is 1370. The summed E-state index contributed by atoms with van der Waals surface area (Å²) in [6, 6.07) is 23.3. The first-order valence-electron chi connectivity index (χ1n) is 9.81. The number of nitrogens with one attached hydrogen (secondary N) is 1. The van der Waals surface area contributed by atoms with Crippen LogP contribution in [0, 0.1) is 0 Å². The minimum Gasteiger partial charge on any atom is -0.293 e. The molecule has 0 unspecified atom stereocenters. The van der Waals surface area contributed by atoms with Crippen LogP contribution in [0.4, 0.5) is 5.69 Å². The van der Waals surface area contributed by atoms with Crippen LogP contribution < -0.4 is 4.72 Å². The molecule has 33 heavy (non-hydrogen) atoms. The molecular formula is C23H19ClN4O3S2. The molecule has 0 aliphatic rings. The Balaban J connectivity index is 1.57. The molecule has 0 fully saturated rings. The van der Waals surface area contributed by atoms with Gasteiger partial charge in [-0.1, -0.05) is 41.6 Å². The lowest BCUT2D eigenvalue weighted by Crippen LogP contribution is -2.10. The van der Waals surface area contributed by atoms with Gasteiger partial charge in [0.25, 0.3) is 0 Å². The largest absolute Gasteiger partial charge is 0.293 e. The fraction of sp³-hybridized carbons (Fsp3) is 0.0870. The zero-order valence-electron chi connectivity index (χ0n) is 17.5. The Labute approximate surface area is 200 Å². The molecule has 7 nitrogen and oxygen atoms in total. The molecule has 10 heteroatoms. The maximum absolute atomic E-state index is 12.7. The third-order valence-electron chi connectivity index (χ3n) is 4.59. The van der Waals surface area contributed by atoms with Gasteiger partial charge in [-0.3, -0.25) is 14.1 Å². The van der Waals surface area contributed by atoms with E-state index in [0.717, 1.165) is 17.5 Å². The summed E-state index contributed by atoms with van der Waals surface area (Å²) in [6.07, 6.45) is 1.07. The Hall–Kier alpha value is -3.14. The number of carbonyl (C=O) groups excluding carboxylic acids is 1. The number of rotatable bonds is 8. The molecule has 0 bridgehead atoms. The lowest BCUT2D eigenvalue weighted by Gasteiger charge is -2.10. The Morgan fingerprint density at radius 1 is 0.970 bits per heavy atom. The number of aromatic nitrogens is 3. The van der Waals surface area contributed by atoms with Crippen molar-refractivity contribution in [1.29, 1.82) is 0 Å². The minimum absolute atomic E-state index is 0.110. The molecule has 1 aromatic heterocycles. The highest BCUT2D eigenvalue weighted by Crippen LogP contribution is 2.29. The Morgan fingerprint density at radius 2 is 1.64 bits per heavy atom. The number of thioether (sulfide) groups is 1. The number of halogens is 1. The highest BCUT2D eigenvalue weighted by Gasteiger charge is 2.18. The number of benzene rings is 3. The number of Topliss-reactive ketones (excluding diaryl/α,β-unsaturated/α-hetero) is 1. The topological polar surface area (TPSA) is 93.9 Å². The quantitative estimate of drug-likeness (QED) is 0.273. The van der Waals surface area contributed by atoms with Crippen LogP contribution in [0.25, 0.3) is 17.1 Å². The van der Waals surface area contributed by atoms with Crippen LogP contribution in [0.15, 0.2) is 84.0 Å². The number of anilines is 1. The van der Waals surface area contributed by atoms with E-state index >= 15 is 0 Å². The third-order valence-corrected chi connectivity index (χ3v) is 6.38. The van der Waals surface area contributed by atoms with Crippen LogP contribution >= 0.6 is 23.4 Å². The molecule has 0 radical (unpaired) electrons. The molecule has 4 aromatic rings. The van der Waals surface area contributed by atoms with E-state index in [1.807, 2.05) is 47.0 Å². The van der Waals surface area contributed by atoms with Crippen molar-refractivity contribution in [3.05, 3.63) is 89.4 Å². The lowest BCUT2D eigenvalue weighted by atomic mass is 10.1. The Kier molecular flexibility index (Phi) is 6.83. The summed E-state index contributed by atoms with van der Waals surface area (Å²) < 4.78 is 27.0. The Morgan fingerprint density at radius 3 is 2.27 bits per heavy atom.